The highest BCUT2D eigenvalue weighted by Gasteiger charge is 2.41. The molecule has 9 nitrogen and oxygen atoms in total. The minimum absolute atomic E-state index is 0.187. The van der Waals surface area contributed by atoms with Crippen molar-refractivity contribution in [3.63, 3.8) is 0 Å². The Bertz CT molecular complexity index is 1350. The molecular formula is C25H25FN6O3. The first-order valence-electron chi connectivity index (χ1n) is 11.8. The Morgan fingerprint density at radius 2 is 1.91 bits per heavy atom. The van der Waals surface area contributed by atoms with Gasteiger partial charge < -0.3 is 14.8 Å². The summed E-state index contributed by atoms with van der Waals surface area (Å²) in [5.41, 5.74) is 4.84. The quantitative estimate of drug-likeness (QED) is 0.557. The van der Waals surface area contributed by atoms with Crippen molar-refractivity contribution in [2.45, 2.75) is 32.0 Å². The summed E-state index contributed by atoms with van der Waals surface area (Å²) in [7, 11) is 0. The molecule has 0 saturated carbocycles. The first-order chi connectivity index (χ1) is 17.0. The summed E-state index contributed by atoms with van der Waals surface area (Å²) in [6.07, 6.45) is 4.25. The van der Waals surface area contributed by atoms with Gasteiger partial charge in [0, 0.05) is 74.9 Å². The molecule has 0 aliphatic carbocycles. The van der Waals surface area contributed by atoms with Crippen molar-refractivity contribution in [2.75, 3.05) is 31.1 Å². The van der Waals surface area contributed by atoms with Gasteiger partial charge in [-0.3, -0.25) is 29.6 Å². The highest BCUT2D eigenvalue weighted by Crippen LogP contribution is 2.35. The number of benzene rings is 1. The monoisotopic (exact) mass is 476 g/mol. The summed E-state index contributed by atoms with van der Waals surface area (Å²) in [5, 5.41) is 2.31. The van der Waals surface area contributed by atoms with Gasteiger partial charge in [-0.05, 0) is 36.2 Å². The second-order valence-electron chi connectivity index (χ2n) is 9.37. The van der Waals surface area contributed by atoms with Crippen LogP contribution >= 0.6 is 0 Å². The number of hydrogen-bond acceptors (Lipinski definition) is 6. The van der Waals surface area contributed by atoms with Gasteiger partial charge in [0.25, 0.3) is 5.91 Å². The number of carbonyl (C=O) groups is 3. The van der Waals surface area contributed by atoms with E-state index in [1.807, 2.05) is 18.5 Å². The third-order valence-electron chi connectivity index (χ3n) is 7.17. The lowest BCUT2D eigenvalue weighted by Gasteiger charge is -2.37. The molecule has 2 fully saturated rings. The number of halogens is 1. The topological polar surface area (TPSA) is 102 Å². The van der Waals surface area contributed by atoms with Crippen molar-refractivity contribution in [3.05, 3.63) is 59.2 Å². The van der Waals surface area contributed by atoms with Gasteiger partial charge in [0.1, 0.15) is 11.9 Å². The molecule has 0 radical (unpaired) electrons. The van der Waals surface area contributed by atoms with Crippen molar-refractivity contribution in [3.8, 4) is 0 Å². The zero-order valence-electron chi connectivity index (χ0n) is 19.1. The van der Waals surface area contributed by atoms with E-state index in [-0.39, 0.29) is 31.2 Å². The van der Waals surface area contributed by atoms with E-state index in [0.717, 1.165) is 41.8 Å². The van der Waals surface area contributed by atoms with Gasteiger partial charge in [-0.25, -0.2) is 4.39 Å². The van der Waals surface area contributed by atoms with Crippen LogP contribution in [0.1, 0.15) is 34.3 Å². The molecule has 3 amide bonds. The van der Waals surface area contributed by atoms with Crippen LogP contribution in [0.25, 0.3) is 11.0 Å². The minimum atomic E-state index is -0.717. The van der Waals surface area contributed by atoms with Crippen LogP contribution < -0.4 is 10.2 Å². The van der Waals surface area contributed by atoms with Crippen molar-refractivity contribution in [1.82, 2.24) is 25.1 Å². The van der Waals surface area contributed by atoms with Crippen molar-refractivity contribution >= 4 is 34.4 Å². The number of anilines is 1. The molecule has 10 heteroatoms. The Labute approximate surface area is 200 Å². The van der Waals surface area contributed by atoms with E-state index < -0.39 is 17.8 Å². The molecule has 5 heterocycles. The highest BCUT2D eigenvalue weighted by atomic mass is 19.1. The molecule has 180 valence electrons. The zero-order valence-corrected chi connectivity index (χ0v) is 19.1. The molecule has 2 saturated heterocycles. The molecule has 3 aromatic rings. The second kappa shape index (κ2) is 8.46. The van der Waals surface area contributed by atoms with E-state index in [4.69, 9.17) is 0 Å². The smallest absolute Gasteiger partial charge is 0.255 e. The van der Waals surface area contributed by atoms with Gasteiger partial charge in [0.15, 0.2) is 0 Å². The largest absolute Gasteiger partial charge is 0.369 e. The maximum atomic E-state index is 14.6. The molecule has 3 aliphatic heterocycles. The number of aromatic amines is 1. The molecule has 2 aromatic heterocycles. The highest BCUT2D eigenvalue weighted by molar-refractivity contribution is 6.06. The molecule has 2 N–H and O–H groups in total. The molecule has 1 unspecified atom stereocenters. The number of H-pyrrole nitrogens is 1. The van der Waals surface area contributed by atoms with Gasteiger partial charge in [-0.1, -0.05) is 0 Å². The van der Waals surface area contributed by atoms with Crippen molar-refractivity contribution in [2.24, 2.45) is 0 Å². The lowest BCUT2D eigenvalue weighted by molar-refractivity contribution is -0.136. The fraction of sp³-hybridized carbons (Fsp3) is 0.360. The van der Waals surface area contributed by atoms with Gasteiger partial charge in [0.05, 0.1) is 11.0 Å². The summed E-state index contributed by atoms with van der Waals surface area (Å²) in [4.78, 5) is 50.6. The molecule has 3 aliphatic rings. The van der Waals surface area contributed by atoms with E-state index in [1.165, 1.54) is 17.0 Å². The van der Waals surface area contributed by atoms with E-state index in [9.17, 15) is 18.8 Å². The maximum absolute atomic E-state index is 14.6. The van der Waals surface area contributed by atoms with Crippen LogP contribution in [0.3, 0.4) is 0 Å². The Morgan fingerprint density at radius 3 is 2.71 bits per heavy atom. The molecule has 1 aromatic carbocycles. The first kappa shape index (κ1) is 21.7. The number of imide groups is 1. The number of hydrogen-bond donors (Lipinski definition) is 2. The van der Waals surface area contributed by atoms with Crippen LogP contribution in [0.15, 0.2) is 36.7 Å². The molecule has 0 bridgehead atoms. The number of aromatic nitrogens is 2. The number of pyridine rings is 1. The summed E-state index contributed by atoms with van der Waals surface area (Å²) in [6.45, 7) is 3.98. The number of piperazine rings is 1. The Kier molecular flexibility index (Phi) is 5.25. The Hall–Kier alpha value is -3.79. The lowest BCUT2D eigenvalue weighted by atomic mass is 10.0. The molecule has 0 spiro atoms. The van der Waals surface area contributed by atoms with E-state index in [1.54, 1.807) is 0 Å². The molecule has 1 atom stereocenters. The lowest BCUT2D eigenvalue weighted by Crippen LogP contribution is -2.52. The van der Waals surface area contributed by atoms with Crippen LogP contribution in [-0.4, -0.2) is 69.7 Å². The number of fused-ring (bicyclic) bond motifs is 2. The summed E-state index contributed by atoms with van der Waals surface area (Å²) in [5.74, 6) is -1.63. The third-order valence-corrected chi connectivity index (χ3v) is 7.17. The number of carbonyl (C=O) groups excluding carboxylic acids is 3. The number of piperidine rings is 1. The normalized spacial score (nSPS) is 21.1. The number of rotatable bonds is 4. The zero-order chi connectivity index (χ0) is 24.1. The van der Waals surface area contributed by atoms with Crippen LogP contribution in [-0.2, 0) is 22.7 Å². The van der Waals surface area contributed by atoms with Gasteiger partial charge in [-0.2, -0.15) is 0 Å². The molecule has 6 rings (SSSR count). The van der Waals surface area contributed by atoms with Gasteiger partial charge in [-0.15, -0.1) is 0 Å². The van der Waals surface area contributed by atoms with Crippen molar-refractivity contribution in [1.29, 1.82) is 0 Å². The minimum Gasteiger partial charge on any atom is -0.369 e. The standard InChI is InChI=1S/C25H25FN6O3/c26-16-10-17-18(14-32(25(17)35)21-1-2-23(33)29-24(21)34)22(11-16)31-7-5-30(6-8-31)13-15-9-20-19(28-12-15)3-4-27-20/h3-4,9-12,21,27H,1-2,5-8,13-14H2,(H,29,33,34). The first-order valence-corrected chi connectivity index (χ1v) is 11.8. The van der Waals surface area contributed by atoms with Gasteiger partial charge >= 0.3 is 0 Å². The second-order valence-corrected chi connectivity index (χ2v) is 9.37. The van der Waals surface area contributed by atoms with Crippen LogP contribution in [0, 0.1) is 5.82 Å². The van der Waals surface area contributed by atoms with Crippen LogP contribution in [0.4, 0.5) is 10.1 Å². The number of nitrogens with one attached hydrogen (secondary N) is 2. The number of nitrogens with zero attached hydrogens (tertiary/aromatic N) is 4. The SMILES string of the molecule is O=C1CCC(N2Cc3c(cc(F)cc3N3CCN(Cc4cnc5cc[nH]c5c4)CC3)C2=O)C(=O)N1. The fourth-order valence-corrected chi connectivity index (χ4v) is 5.36. The van der Waals surface area contributed by atoms with E-state index in [2.05, 4.69) is 31.2 Å². The average molecular weight is 477 g/mol. The maximum Gasteiger partial charge on any atom is 0.255 e. The van der Waals surface area contributed by atoms with Gasteiger partial charge in [0.2, 0.25) is 11.8 Å². The predicted octanol–water partition coefficient (Wildman–Crippen LogP) is 1.79. The van der Waals surface area contributed by atoms with Crippen LogP contribution in [0.5, 0.6) is 0 Å². The molecule has 35 heavy (non-hydrogen) atoms. The third kappa shape index (κ3) is 3.93. The Morgan fingerprint density at radius 1 is 1.09 bits per heavy atom. The fourth-order valence-electron chi connectivity index (χ4n) is 5.36. The van der Waals surface area contributed by atoms with Crippen molar-refractivity contribution < 1.29 is 18.8 Å². The predicted molar refractivity (Wildman–Crippen MR) is 126 cm³/mol. The summed E-state index contributed by atoms with van der Waals surface area (Å²) < 4.78 is 14.6. The number of amides is 3. The summed E-state index contributed by atoms with van der Waals surface area (Å²) in [6, 6.07) is 6.09. The van der Waals surface area contributed by atoms with Crippen LogP contribution in [0.2, 0.25) is 0 Å². The van der Waals surface area contributed by atoms with E-state index >= 15 is 0 Å². The molecular weight excluding hydrogens is 451 g/mol. The average Bonchev–Trinajstić information content (AvgIpc) is 3.44. The Balaban J connectivity index is 1.17. The van der Waals surface area contributed by atoms with E-state index in [0.29, 0.717) is 24.3 Å². The summed E-state index contributed by atoms with van der Waals surface area (Å²) >= 11 is 0.